The van der Waals surface area contributed by atoms with Crippen LogP contribution in [0.15, 0.2) is 17.0 Å². The van der Waals surface area contributed by atoms with Crippen LogP contribution in [-0.4, -0.2) is 23.2 Å². The molecule has 0 aliphatic carbocycles. The predicted octanol–water partition coefficient (Wildman–Crippen LogP) is 0.628. The lowest BCUT2D eigenvalue weighted by molar-refractivity contribution is 0.267. The van der Waals surface area contributed by atoms with Gasteiger partial charge in [0.15, 0.2) is 17.4 Å². The van der Waals surface area contributed by atoms with E-state index in [1.165, 1.54) is 0 Å². The third-order valence-electron chi connectivity index (χ3n) is 2.81. The maximum absolute atomic E-state index is 13.7. The van der Waals surface area contributed by atoms with Gasteiger partial charge in [-0.25, -0.2) is 22.3 Å². The lowest BCUT2D eigenvalue weighted by atomic mass is 10.3. The largest absolute Gasteiger partial charge is 0.481 e. The van der Waals surface area contributed by atoms with Crippen LogP contribution >= 0.6 is 0 Å². The Hall–Kier alpha value is -2.07. The highest BCUT2D eigenvalue weighted by molar-refractivity contribution is 7.89. The van der Waals surface area contributed by atoms with Crippen LogP contribution in [0.25, 0.3) is 0 Å². The number of hydrogen-bond donors (Lipinski definition) is 1. The van der Waals surface area contributed by atoms with E-state index in [2.05, 4.69) is 10.2 Å². The molecule has 0 atom stereocenters. The summed E-state index contributed by atoms with van der Waals surface area (Å²) in [5.41, 5.74) is 0. The normalized spacial score (nSPS) is 11.7. The van der Waals surface area contributed by atoms with Gasteiger partial charge in [0, 0.05) is 13.1 Å². The Balaban J connectivity index is 2.38. The summed E-state index contributed by atoms with van der Waals surface area (Å²) < 4.78 is 56.3. The standard InChI is InChI=1S/C11H12F2N4O3S/c1-6-15-16-10(17(6)2)5-20-11-8(13)3-7(12)4-9(11)21(14,18)19/h3-4H,5H2,1-2H3,(H2,14,18,19). The molecule has 21 heavy (non-hydrogen) atoms. The fraction of sp³-hybridized carbons (Fsp3) is 0.273. The van der Waals surface area contributed by atoms with E-state index in [0.29, 0.717) is 23.8 Å². The number of primary sulfonamides is 1. The molecule has 0 fully saturated rings. The van der Waals surface area contributed by atoms with Crippen molar-refractivity contribution in [2.45, 2.75) is 18.4 Å². The third kappa shape index (κ3) is 3.16. The van der Waals surface area contributed by atoms with Crippen molar-refractivity contribution in [1.29, 1.82) is 0 Å². The van der Waals surface area contributed by atoms with Crippen LogP contribution in [0.2, 0.25) is 0 Å². The Morgan fingerprint density at radius 1 is 1.33 bits per heavy atom. The van der Waals surface area contributed by atoms with Gasteiger partial charge < -0.3 is 9.30 Å². The summed E-state index contributed by atoms with van der Waals surface area (Å²) in [5.74, 6) is -1.95. The van der Waals surface area contributed by atoms with Crippen LogP contribution in [0, 0.1) is 18.6 Å². The molecule has 114 valence electrons. The minimum atomic E-state index is -4.34. The lowest BCUT2D eigenvalue weighted by Gasteiger charge is -2.11. The zero-order chi connectivity index (χ0) is 15.8. The van der Waals surface area contributed by atoms with E-state index in [0.717, 1.165) is 0 Å². The summed E-state index contributed by atoms with van der Waals surface area (Å²) >= 11 is 0. The highest BCUT2D eigenvalue weighted by Gasteiger charge is 2.22. The molecule has 0 saturated heterocycles. The Morgan fingerprint density at radius 2 is 2.00 bits per heavy atom. The Bertz CT molecular complexity index is 789. The molecular weight excluding hydrogens is 306 g/mol. The molecule has 0 aliphatic rings. The number of rotatable bonds is 4. The van der Waals surface area contributed by atoms with Gasteiger partial charge in [-0.05, 0) is 13.0 Å². The third-order valence-corrected chi connectivity index (χ3v) is 3.73. The second-order valence-electron chi connectivity index (χ2n) is 4.27. The van der Waals surface area contributed by atoms with Gasteiger partial charge in [-0.1, -0.05) is 0 Å². The number of aromatic nitrogens is 3. The van der Waals surface area contributed by atoms with E-state index in [-0.39, 0.29) is 6.61 Å². The van der Waals surface area contributed by atoms with E-state index in [9.17, 15) is 17.2 Å². The van der Waals surface area contributed by atoms with Gasteiger partial charge in [-0.2, -0.15) is 0 Å². The fourth-order valence-corrected chi connectivity index (χ4v) is 2.29. The number of halogens is 2. The van der Waals surface area contributed by atoms with Crippen molar-refractivity contribution in [3.63, 3.8) is 0 Å². The highest BCUT2D eigenvalue weighted by Crippen LogP contribution is 2.28. The van der Waals surface area contributed by atoms with Crippen LogP contribution < -0.4 is 9.88 Å². The number of sulfonamides is 1. The first-order valence-electron chi connectivity index (χ1n) is 5.69. The molecular formula is C11H12F2N4O3S. The van der Waals surface area contributed by atoms with Gasteiger partial charge in [-0.3, -0.25) is 0 Å². The molecule has 0 saturated carbocycles. The van der Waals surface area contributed by atoms with Crippen LogP contribution in [-0.2, 0) is 23.7 Å². The van der Waals surface area contributed by atoms with Crippen LogP contribution in [0.5, 0.6) is 5.75 Å². The Kier molecular flexibility index (Phi) is 3.92. The van der Waals surface area contributed by atoms with E-state index >= 15 is 0 Å². The monoisotopic (exact) mass is 318 g/mol. The molecule has 7 nitrogen and oxygen atoms in total. The number of aryl methyl sites for hydroxylation is 1. The first-order chi connectivity index (χ1) is 9.70. The van der Waals surface area contributed by atoms with E-state index in [1.54, 1.807) is 18.5 Å². The maximum Gasteiger partial charge on any atom is 0.241 e. The molecule has 10 heteroatoms. The first-order valence-corrected chi connectivity index (χ1v) is 7.24. The molecule has 1 aromatic heterocycles. The topological polar surface area (TPSA) is 100 Å². The van der Waals surface area contributed by atoms with E-state index < -0.39 is 32.3 Å². The van der Waals surface area contributed by atoms with Crippen molar-refractivity contribution in [2.24, 2.45) is 12.2 Å². The summed E-state index contributed by atoms with van der Waals surface area (Å²) in [5, 5.41) is 12.5. The van der Waals surface area contributed by atoms with Crippen molar-refractivity contribution in [1.82, 2.24) is 14.8 Å². The molecule has 0 amide bonds. The number of benzene rings is 1. The molecule has 1 heterocycles. The minimum absolute atomic E-state index is 0.248. The molecule has 2 rings (SSSR count). The van der Waals surface area contributed by atoms with Crippen molar-refractivity contribution in [3.05, 3.63) is 35.4 Å². The highest BCUT2D eigenvalue weighted by atomic mass is 32.2. The summed E-state index contributed by atoms with van der Waals surface area (Å²) in [6, 6.07) is 1.10. The molecule has 0 radical (unpaired) electrons. The molecule has 0 bridgehead atoms. The van der Waals surface area contributed by atoms with E-state index in [1.807, 2.05) is 0 Å². The SMILES string of the molecule is Cc1nnc(COc2c(F)cc(F)cc2S(N)(=O)=O)n1C. The summed E-state index contributed by atoms with van der Waals surface area (Å²) in [6.45, 7) is 1.45. The quantitative estimate of drug-likeness (QED) is 0.891. The van der Waals surface area contributed by atoms with Gasteiger partial charge in [0.2, 0.25) is 10.0 Å². The predicted molar refractivity (Wildman–Crippen MR) is 67.8 cm³/mol. The summed E-state index contributed by atoms with van der Waals surface area (Å²) in [6.07, 6.45) is 0. The molecule has 2 N–H and O–H groups in total. The second-order valence-corrected chi connectivity index (χ2v) is 5.80. The smallest absolute Gasteiger partial charge is 0.241 e. The number of nitrogens with zero attached hydrogens (tertiary/aromatic N) is 3. The number of hydrogen-bond acceptors (Lipinski definition) is 5. The maximum atomic E-state index is 13.7. The molecule has 0 spiro atoms. The van der Waals surface area contributed by atoms with Crippen LogP contribution in [0.1, 0.15) is 11.6 Å². The van der Waals surface area contributed by atoms with Gasteiger partial charge in [0.1, 0.15) is 23.1 Å². The van der Waals surface area contributed by atoms with Gasteiger partial charge in [0.25, 0.3) is 0 Å². The minimum Gasteiger partial charge on any atom is -0.481 e. The van der Waals surface area contributed by atoms with Crippen molar-refractivity contribution in [3.8, 4) is 5.75 Å². The summed E-state index contributed by atoms with van der Waals surface area (Å²) in [4.78, 5) is -0.765. The van der Waals surface area contributed by atoms with Crippen molar-refractivity contribution in [2.75, 3.05) is 0 Å². The Morgan fingerprint density at radius 3 is 2.52 bits per heavy atom. The molecule has 0 aliphatic heterocycles. The lowest BCUT2D eigenvalue weighted by Crippen LogP contribution is -2.16. The van der Waals surface area contributed by atoms with Gasteiger partial charge in [-0.15, -0.1) is 10.2 Å². The van der Waals surface area contributed by atoms with Crippen molar-refractivity contribution < 1.29 is 21.9 Å². The van der Waals surface area contributed by atoms with Gasteiger partial charge >= 0.3 is 0 Å². The first kappa shape index (κ1) is 15.3. The van der Waals surface area contributed by atoms with Crippen LogP contribution in [0.4, 0.5) is 8.78 Å². The molecule has 0 unspecified atom stereocenters. The Labute approximate surface area is 119 Å². The van der Waals surface area contributed by atoms with Crippen LogP contribution in [0.3, 0.4) is 0 Å². The number of nitrogens with two attached hydrogens (primary N) is 1. The van der Waals surface area contributed by atoms with E-state index in [4.69, 9.17) is 9.88 Å². The zero-order valence-electron chi connectivity index (χ0n) is 11.2. The summed E-state index contributed by atoms with van der Waals surface area (Å²) in [7, 11) is -2.67. The average Bonchev–Trinajstić information content (AvgIpc) is 2.67. The number of ether oxygens (including phenoxy) is 1. The molecule has 1 aromatic carbocycles. The second kappa shape index (κ2) is 5.37. The molecule has 2 aromatic rings. The van der Waals surface area contributed by atoms with Gasteiger partial charge in [0.05, 0.1) is 0 Å². The average molecular weight is 318 g/mol. The zero-order valence-corrected chi connectivity index (χ0v) is 12.0. The fourth-order valence-electron chi connectivity index (χ4n) is 1.60. The van der Waals surface area contributed by atoms with Crippen molar-refractivity contribution >= 4 is 10.0 Å².